The van der Waals surface area contributed by atoms with Gasteiger partial charge in [-0.1, -0.05) is 0 Å². The summed E-state index contributed by atoms with van der Waals surface area (Å²) in [5, 5.41) is 7.26. The summed E-state index contributed by atoms with van der Waals surface area (Å²) in [6.45, 7) is 0.110. The molecule has 4 amide bonds. The molecule has 0 saturated heterocycles. The van der Waals surface area contributed by atoms with Gasteiger partial charge in [0.25, 0.3) is 11.8 Å². The molecule has 0 bridgehead atoms. The number of amides is 4. The average Bonchev–Trinajstić information content (AvgIpc) is 3.08. The molecule has 26 heavy (non-hydrogen) atoms. The van der Waals surface area contributed by atoms with E-state index in [2.05, 4.69) is 16.0 Å². The first-order chi connectivity index (χ1) is 12.4. The highest BCUT2D eigenvalue weighted by Gasteiger charge is 2.16. The molecule has 0 spiro atoms. The molecule has 2 aromatic rings. The van der Waals surface area contributed by atoms with Gasteiger partial charge in [-0.05, 0) is 36.4 Å². The molecule has 138 valence electrons. The summed E-state index contributed by atoms with van der Waals surface area (Å²) in [5.41, 5.74) is 0.464. The molecular formula is C17H20FN4O4+. The third kappa shape index (κ3) is 6.73. The molecule has 8 nitrogen and oxygen atoms in total. The number of carbonyl (C=O) groups is 3. The second-order valence-corrected chi connectivity index (χ2v) is 5.68. The number of benzene rings is 1. The predicted molar refractivity (Wildman–Crippen MR) is 90.7 cm³/mol. The molecule has 1 atom stereocenters. The molecule has 4 N–H and O–H groups in total. The molecule has 0 saturated carbocycles. The van der Waals surface area contributed by atoms with Crippen LogP contribution in [0, 0.1) is 5.82 Å². The summed E-state index contributed by atoms with van der Waals surface area (Å²) >= 11 is 0. The van der Waals surface area contributed by atoms with Crippen LogP contribution < -0.4 is 20.9 Å². The van der Waals surface area contributed by atoms with E-state index in [4.69, 9.17) is 4.42 Å². The monoisotopic (exact) mass is 363 g/mol. The van der Waals surface area contributed by atoms with E-state index in [0.29, 0.717) is 16.3 Å². The fourth-order valence-corrected chi connectivity index (χ4v) is 2.14. The van der Waals surface area contributed by atoms with Crippen LogP contribution in [0.3, 0.4) is 0 Å². The van der Waals surface area contributed by atoms with Crippen molar-refractivity contribution in [1.82, 2.24) is 10.6 Å². The van der Waals surface area contributed by atoms with Crippen LogP contribution in [0.15, 0.2) is 47.1 Å². The van der Waals surface area contributed by atoms with Gasteiger partial charge in [-0.25, -0.2) is 9.18 Å². The maximum absolute atomic E-state index is 12.8. The van der Waals surface area contributed by atoms with Crippen LogP contribution in [-0.2, 0) is 16.1 Å². The van der Waals surface area contributed by atoms with Gasteiger partial charge in [0, 0.05) is 5.69 Å². The van der Waals surface area contributed by atoms with Crippen molar-refractivity contribution < 1.29 is 28.1 Å². The zero-order valence-corrected chi connectivity index (χ0v) is 14.2. The largest absolute Gasteiger partial charge is 0.467 e. The number of urea groups is 1. The maximum atomic E-state index is 12.8. The lowest BCUT2D eigenvalue weighted by atomic mass is 10.3. The molecule has 0 aliphatic carbocycles. The van der Waals surface area contributed by atoms with Gasteiger partial charge in [0.15, 0.2) is 13.1 Å². The number of rotatable bonds is 7. The normalized spacial score (nSPS) is 11.5. The molecule has 1 aromatic carbocycles. The molecular weight excluding hydrogens is 343 g/mol. The number of likely N-dealkylation sites (N-methyl/N-ethyl adjacent to an activating group) is 1. The zero-order chi connectivity index (χ0) is 18.9. The lowest BCUT2D eigenvalue weighted by Crippen LogP contribution is -3.11. The van der Waals surface area contributed by atoms with Crippen LogP contribution in [0.1, 0.15) is 5.76 Å². The van der Waals surface area contributed by atoms with Crippen molar-refractivity contribution in [3.8, 4) is 0 Å². The van der Waals surface area contributed by atoms with Crippen molar-refractivity contribution in [3.63, 3.8) is 0 Å². The number of hydrogen-bond acceptors (Lipinski definition) is 4. The van der Waals surface area contributed by atoms with Crippen LogP contribution >= 0.6 is 0 Å². The molecule has 0 fully saturated rings. The molecule has 0 aliphatic heterocycles. The number of imide groups is 1. The summed E-state index contributed by atoms with van der Waals surface area (Å²) in [7, 11) is 1.64. The van der Waals surface area contributed by atoms with Crippen LogP contribution in [0.25, 0.3) is 0 Å². The number of carbonyl (C=O) groups excluding carboxylic acids is 3. The first-order valence-corrected chi connectivity index (χ1v) is 7.89. The predicted octanol–water partition coefficient (Wildman–Crippen LogP) is -0.102. The fraction of sp³-hybridized carbons (Fsp3) is 0.235. The Morgan fingerprint density at radius 3 is 2.42 bits per heavy atom. The van der Waals surface area contributed by atoms with E-state index in [1.54, 1.807) is 19.2 Å². The standard InChI is InChI=1S/C17H19FN4O4/c1-22(10-15(23)20-13-6-4-12(18)5-7-13)11-16(24)21-17(25)19-9-14-3-2-8-26-14/h2-8H,9-11H2,1H3,(H,20,23)(H2,19,21,24,25)/p+1. The first-order valence-electron chi connectivity index (χ1n) is 7.89. The minimum atomic E-state index is -0.644. The van der Waals surface area contributed by atoms with Gasteiger partial charge in [-0.15, -0.1) is 0 Å². The summed E-state index contributed by atoms with van der Waals surface area (Å²) in [4.78, 5) is 35.9. The zero-order valence-electron chi connectivity index (χ0n) is 14.2. The van der Waals surface area contributed by atoms with Crippen LogP contribution in [-0.4, -0.2) is 38.0 Å². The Kier molecular flexibility index (Phi) is 6.86. The molecule has 0 aliphatic rings. The SMILES string of the molecule is C[NH+](CC(=O)NC(=O)NCc1ccco1)CC(=O)Nc1ccc(F)cc1. The Morgan fingerprint density at radius 2 is 1.77 bits per heavy atom. The summed E-state index contributed by atoms with van der Waals surface area (Å²) < 4.78 is 17.9. The van der Waals surface area contributed by atoms with Crippen molar-refractivity contribution in [3.05, 3.63) is 54.2 Å². The number of anilines is 1. The number of furan rings is 1. The maximum Gasteiger partial charge on any atom is 0.321 e. The van der Waals surface area contributed by atoms with E-state index in [1.165, 1.54) is 30.5 Å². The van der Waals surface area contributed by atoms with E-state index >= 15 is 0 Å². The Labute approximate surface area is 149 Å². The Morgan fingerprint density at radius 1 is 1.08 bits per heavy atom. The number of nitrogens with one attached hydrogen (secondary N) is 4. The number of quaternary nitrogens is 1. The van der Waals surface area contributed by atoms with Gasteiger partial charge >= 0.3 is 6.03 Å². The summed E-state index contributed by atoms with van der Waals surface area (Å²) in [5.74, 6) is -0.682. The topological polar surface area (TPSA) is 105 Å². The highest BCUT2D eigenvalue weighted by atomic mass is 19.1. The fourth-order valence-electron chi connectivity index (χ4n) is 2.14. The van der Waals surface area contributed by atoms with Crippen LogP contribution in [0.2, 0.25) is 0 Å². The van der Waals surface area contributed by atoms with Crippen molar-refractivity contribution in [2.75, 3.05) is 25.5 Å². The minimum absolute atomic E-state index is 0.0127. The van der Waals surface area contributed by atoms with Crippen molar-refractivity contribution in [1.29, 1.82) is 0 Å². The average molecular weight is 363 g/mol. The van der Waals surface area contributed by atoms with Crippen LogP contribution in [0.4, 0.5) is 14.9 Å². The smallest absolute Gasteiger partial charge is 0.321 e. The molecule has 2 rings (SSSR count). The van der Waals surface area contributed by atoms with E-state index in [9.17, 15) is 18.8 Å². The third-order valence-corrected chi connectivity index (χ3v) is 3.31. The molecule has 1 aromatic heterocycles. The molecule has 0 radical (unpaired) electrons. The molecule has 9 heteroatoms. The lowest BCUT2D eigenvalue weighted by molar-refractivity contribution is -0.862. The van der Waals surface area contributed by atoms with Crippen LogP contribution in [0.5, 0.6) is 0 Å². The quantitative estimate of drug-likeness (QED) is 0.551. The second-order valence-electron chi connectivity index (χ2n) is 5.68. The Bertz CT molecular complexity index is 747. The van der Waals surface area contributed by atoms with Gasteiger partial charge in [0.05, 0.1) is 19.9 Å². The second kappa shape index (κ2) is 9.33. The highest BCUT2D eigenvalue weighted by molar-refractivity contribution is 5.95. The lowest BCUT2D eigenvalue weighted by Gasteiger charge is -2.13. The first kappa shape index (κ1) is 19.1. The van der Waals surface area contributed by atoms with Crippen molar-refractivity contribution in [2.45, 2.75) is 6.54 Å². The molecule has 1 heterocycles. The Hall–Kier alpha value is -3.20. The highest BCUT2D eigenvalue weighted by Crippen LogP contribution is 2.07. The Balaban J connectivity index is 1.68. The van der Waals surface area contributed by atoms with E-state index in [0.717, 1.165) is 0 Å². The van der Waals surface area contributed by atoms with Gasteiger partial charge in [0.1, 0.15) is 11.6 Å². The summed E-state index contributed by atoms with van der Waals surface area (Å²) in [6, 6.07) is 8.10. The van der Waals surface area contributed by atoms with Gasteiger partial charge in [-0.3, -0.25) is 14.9 Å². The minimum Gasteiger partial charge on any atom is -0.467 e. The third-order valence-electron chi connectivity index (χ3n) is 3.31. The molecule has 1 unspecified atom stereocenters. The van der Waals surface area contributed by atoms with Crippen molar-refractivity contribution in [2.24, 2.45) is 0 Å². The number of halogens is 1. The van der Waals surface area contributed by atoms with Gasteiger partial charge in [-0.2, -0.15) is 0 Å². The van der Waals surface area contributed by atoms with Gasteiger partial charge < -0.3 is 20.0 Å². The van der Waals surface area contributed by atoms with Gasteiger partial charge in [0.2, 0.25) is 0 Å². The van der Waals surface area contributed by atoms with E-state index in [1.807, 2.05) is 0 Å². The van der Waals surface area contributed by atoms with Crippen molar-refractivity contribution >= 4 is 23.5 Å². The van der Waals surface area contributed by atoms with E-state index in [-0.39, 0.29) is 25.5 Å². The number of hydrogen-bond donors (Lipinski definition) is 4. The van der Waals surface area contributed by atoms with E-state index < -0.39 is 17.8 Å². The summed E-state index contributed by atoms with van der Waals surface area (Å²) in [6.07, 6.45) is 1.48.